The Labute approximate surface area is 204 Å². The first kappa shape index (κ1) is 22.9. The Morgan fingerprint density at radius 1 is 0.943 bits per heavy atom. The summed E-state index contributed by atoms with van der Waals surface area (Å²) < 4.78 is 27.7. The number of likely N-dealkylation sites (tertiary alicyclic amines) is 1. The van der Waals surface area contributed by atoms with Gasteiger partial charge < -0.3 is 10.2 Å². The van der Waals surface area contributed by atoms with Crippen LogP contribution >= 0.6 is 0 Å². The Balaban J connectivity index is 1.51. The minimum absolute atomic E-state index is 0.0944. The SMILES string of the molecule is C=CCN1c2ccc(C(=O)Nc3ccccc3C(=O)N3CCCC3)cc2-c2ccccc2S1(=O)=O. The van der Waals surface area contributed by atoms with Crippen LogP contribution in [-0.4, -0.2) is 44.8 Å². The molecule has 1 N–H and O–H groups in total. The van der Waals surface area contributed by atoms with E-state index < -0.39 is 10.0 Å². The molecular formula is C27H25N3O4S. The molecule has 0 spiro atoms. The van der Waals surface area contributed by atoms with Gasteiger partial charge in [-0.2, -0.15) is 0 Å². The zero-order valence-corrected chi connectivity index (χ0v) is 19.9. The number of fused-ring (bicyclic) bond motifs is 3. The van der Waals surface area contributed by atoms with Crippen molar-refractivity contribution in [3.05, 3.63) is 90.5 Å². The van der Waals surface area contributed by atoms with Gasteiger partial charge in [-0.3, -0.25) is 13.9 Å². The number of hydrogen-bond acceptors (Lipinski definition) is 4. The molecule has 0 aliphatic carbocycles. The van der Waals surface area contributed by atoms with Crippen LogP contribution in [0.25, 0.3) is 11.1 Å². The molecule has 3 aromatic rings. The molecule has 178 valence electrons. The van der Waals surface area contributed by atoms with Crippen molar-refractivity contribution in [1.29, 1.82) is 0 Å². The summed E-state index contributed by atoms with van der Waals surface area (Å²) in [5.74, 6) is -0.473. The number of carbonyl (C=O) groups is 2. The van der Waals surface area contributed by atoms with E-state index in [1.54, 1.807) is 71.6 Å². The Bertz CT molecular complexity index is 1440. The molecule has 2 aliphatic heterocycles. The molecule has 2 aliphatic rings. The van der Waals surface area contributed by atoms with Gasteiger partial charge >= 0.3 is 0 Å². The van der Waals surface area contributed by atoms with Crippen LogP contribution in [0.5, 0.6) is 0 Å². The summed E-state index contributed by atoms with van der Waals surface area (Å²) in [6.45, 7) is 5.24. The van der Waals surface area contributed by atoms with E-state index in [0.29, 0.717) is 33.6 Å². The molecule has 8 heteroatoms. The van der Waals surface area contributed by atoms with Gasteiger partial charge in [0.05, 0.1) is 28.4 Å². The van der Waals surface area contributed by atoms with Gasteiger partial charge in [0.1, 0.15) is 0 Å². The lowest BCUT2D eigenvalue weighted by molar-refractivity contribution is 0.0794. The van der Waals surface area contributed by atoms with Crippen molar-refractivity contribution in [2.45, 2.75) is 17.7 Å². The Morgan fingerprint density at radius 2 is 1.66 bits per heavy atom. The fourth-order valence-electron chi connectivity index (χ4n) is 4.65. The number of hydrogen-bond donors (Lipinski definition) is 1. The number of benzene rings is 3. The summed E-state index contributed by atoms with van der Waals surface area (Å²) in [6, 6.07) is 18.7. The number of anilines is 2. The van der Waals surface area contributed by atoms with Gasteiger partial charge in [-0.1, -0.05) is 36.4 Å². The Hall–Kier alpha value is -3.91. The molecule has 0 radical (unpaired) electrons. The summed E-state index contributed by atoms with van der Waals surface area (Å²) in [6.07, 6.45) is 3.50. The molecule has 0 saturated carbocycles. The molecule has 0 bridgehead atoms. The maximum absolute atomic E-state index is 13.3. The lowest BCUT2D eigenvalue weighted by Gasteiger charge is -2.31. The highest BCUT2D eigenvalue weighted by molar-refractivity contribution is 7.93. The van der Waals surface area contributed by atoms with Crippen molar-refractivity contribution in [2.75, 3.05) is 29.3 Å². The highest BCUT2D eigenvalue weighted by Crippen LogP contribution is 2.43. The molecule has 0 unspecified atom stereocenters. The fraction of sp³-hybridized carbons (Fsp3) is 0.185. The monoisotopic (exact) mass is 487 g/mol. The van der Waals surface area contributed by atoms with Crippen molar-refractivity contribution >= 4 is 33.2 Å². The van der Waals surface area contributed by atoms with Gasteiger partial charge in [0.25, 0.3) is 21.8 Å². The third-order valence-corrected chi connectivity index (χ3v) is 8.20. The van der Waals surface area contributed by atoms with Crippen LogP contribution < -0.4 is 9.62 Å². The Kier molecular flexibility index (Phi) is 5.90. The number of nitrogens with zero attached hydrogens (tertiary/aromatic N) is 2. The molecular weight excluding hydrogens is 462 g/mol. The second kappa shape index (κ2) is 9.03. The van der Waals surface area contributed by atoms with Crippen LogP contribution in [0, 0.1) is 0 Å². The van der Waals surface area contributed by atoms with Crippen molar-refractivity contribution in [3.8, 4) is 11.1 Å². The first-order valence-corrected chi connectivity index (χ1v) is 12.9. The highest BCUT2D eigenvalue weighted by Gasteiger charge is 2.34. The molecule has 0 atom stereocenters. The zero-order valence-electron chi connectivity index (χ0n) is 19.1. The molecule has 2 amide bonds. The normalized spacial score (nSPS) is 15.8. The van der Waals surface area contributed by atoms with Crippen LogP contribution in [0.3, 0.4) is 0 Å². The third-order valence-electron chi connectivity index (χ3n) is 6.37. The number of nitrogens with one attached hydrogen (secondary N) is 1. The van der Waals surface area contributed by atoms with Gasteiger partial charge in [-0.05, 0) is 49.2 Å². The predicted molar refractivity (Wildman–Crippen MR) is 136 cm³/mol. The van der Waals surface area contributed by atoms with E-state index in [9.17, 15) is 18.0 Å². The molecule has 2 heterocycles. The first-order valence-electron chi connectivity index (χ1n) is 11.5. The lowest BCUT2D eigenvalue weighted by atomic mass is 9.99. The number of carbonyl (C=O) groups excluding carboxylic acids is 2. The van der Waals surface area contributed by atoms with Crippen molar-refractivity contribution in [2.24, 2.45) is 0 Å². The zero-order chi connectivity index (χ0) is 24.6. The van der Waals surface area contributed by atoms with Crippen LogP contribution in [-0.2, 0) is 10.0 Å². The predicted octanol–water partition coefficient (Wildman–Crippen LogP) is 4.54. The molecule has 35 heavy (non-hydrogen) atoms. The molecule has 1 fully saturated rings. The highest BCUT2D eigenvalue weighted by atomic mass is 32.2. The molecule has 3 aromatic carbocycles. The van der Waals surface area contributed by atoms with Crippen LogP contribution in [0.15, 0.2) is 84.3 Å². The summed E-state index contributed by atoms with van der Waals surface area (Å²) in [5, 5.41) is 2.88. The van der Waals surface area contributed by atoms with E-state index in [4.69, 9.17) is 0 Å². The van der Waals surface area contributed by atoms with E-state index in [0.717, 1.165) is 25.9 Å². The maximum atomic E-state index is 13.3. The number of para-hydroxylation sites is 1. The number of rotatable bonds is 5. The number of sulfonamides is 1. The average Bonchev–Trinajstić information content (AvgIpc) is 3.41. The van der Waals surface area contributed by atoms with Crippen molar-refractivity contribution in [1.82, 2.24) is 4.90 Å². The molecule has 1 saturated heterocycles. The van der Waals surface area contributed by atoms with Crippen molar-refractivity contribution < 1.29 is 18.0 Å². The smallest absolute Gasteiger partial charge is 0.265 e. The summed E-state index contributed by atoms with van der Waals surface area (Å²) in [4.78, 5) is 28.2. The van der Waals surface area contributed by atoms with E-state index in [2.05, 4.69) is 11.9 Å². The maximum Gasteiger partial charge on any atom is 0.265 e. The van der Waals surface area contributed by atoms with Gasteiger partial charge in [0.2, 0.25) is 0 Å². The average molecular weight is 488 g/mol. The van der Waals surface area contributed by atoms with E-state index >= 15 is 0 Å². The minimum atomic E-state index is -3.74. The lowest BCUT2D eigenvalue weighted by Crippen LogP contribution is -2.34. The molecule has 0 aromatic heterocycles. The van der Waals surface area contributed by atoms with Crippen LogP contribution in [0.1, 0.15) is 33.6 Å². The van der Waals surface area contributed by atoms with Crippen LogP contribution in [0.4, 0.5) is 11.4 Å². The number of amides is 2. The fourth-order valence-corrected chi connectivity index (χ4v) is 6.31. The van der Waals surface area contributed by atoms with Gasteiger partial charge in [-0.15, -0.1) is 6.58 Å². The standard InChI is InChI=1S/C27H25N3O4S/c1-2-15-30-24-14-13-19(18-22(24)20-9-4-6-12-25(20)35(30,33)34)26(31)28-23-11-5-3-10-21(23)27(32)29-16-7-8-17-29/h2-6,9-14,18H,1,7-8,15-17H2,(H,28,31). The topological polar surface area (TPSA) is 86.8 Å². The van der Waals surface area contributed by atoms with Crippen molar-refractivity contribution in [3.63, 3.8) is 0 Å². The summed E-state index contributed by atoms with van der Waals surface area (Å²) >= 11 is 0. The summed E-state index contributed by atoms with van der Waals surface area (Å²) in [5.41, 5.74) is 2.94. The van der Waals surface area contributed by atoms with Gasteiger partial charge in [-0.25, -0.2) is 8.42 Å². The van der Waals surface area contributed by atoms with E-state index in [1.807, 2.05) is 0 Å². The van der Waals surface area contributed by atoms with Crippen LogP contribution in [0.2, 0.25) is 0 Å². The van der Waals surface area contributed by atoms with E-state index in [1.165, 1.54) is 10.4 Å². The van der Waals surface area contributed by atoms with Gasteiger partial charge in [0, 0.05) is 29.8 Å². The second-order valence-electron chi connectivity index (χ2n) is 8.55. The quantitative estimate of drug-likeness (QED) is 0.536. The Morgan fingerprint density at radius 3 is 2.43 bits per heavy atom. The summed E-state index contributed by atoms with van der Waals surface area (Å²) in [7, 11) is -3.74. The third kappa shape index (κ3) is 4.00. The van der Waals surface area contributed by atoms with E-state index in [-0.39, 0.29) is 23.3 Å². The molecule has 5 rings (SSSR count). The largest absolute Gasteiger partial charge is 0.339 e. The first-order chi connectivity index (χ1) is 16.9. The second-order valence-corrected chi connectivity index (χ2v) is 10.4. The molecule has 7 nitrogen and oxygen atoms in total. The van der Waals surface area contributed by atoms with Gasteiger partial charge in [0.15, 0.2) is 0 Å². The minimum Gasteiger partial charge on any atom is -0.339 e.